The highest BCUT2D eigenvalue weighted by Crippen LogP contribution is 2.02. The number of amides is 2. The van der Waals surface area contributed by atoms with Gasteiger partial charge in [0.25, 0.3) is 0 Å². The fourth-order valence-corrected chi connectivity index (χ4v) is 0.956. The predicted octanol–water partition coefficient (Wildman–Crippen LogP) is 0.271. The maximum atomic E-state index is 11.0. The molecule has 0 atom stereocenters. The minimum atomic E-state index is -0.345. The van der Waals surface area contributed by atoms with E-state index in [0.717, 1.165) is 16.7 Å². The number of nitrogens with zero attached hydrogens (tertiary/aromatic N) is 1. The summed E-state index contributed by atoms with van der Waals surface area (Å²) in [6.07, 6.45) is 0. The largest absolute Gasteiger partial charge is 0.288 e. The highest BCUT2D eigenvalue weighted by atomic mass is 32.2. The van der Waals surface area contributed by atoms with Gasteiger partial charge in [-0.2, -0.15) is 0 Å². The molecule has 2 amide bonds. The first-order chi connectivity index (χ1) is 5.45. The van der Waals surface area contributed by atoms with Crippen LogP contribution in [0.25, 0.3) is 0 Å². The van der Waals surface area contributed by atoms with Crippen LogP contribution in [0.5, 0.6) is 0 Å². The Morgan fingerprint density at radius 3 is 2.08 bits per heavy atom. The Morgan fingerprint density at radius 1 is 1.25 bits per heavy atom. The van der Waals surface area contributed by atoms with E-state index in [0.29, 0.717) is 0 Å². The Kier molecular flexibility index (Phi) is 4.58. The van der Waals surface area contributed by atoms with Gasteiger partial charge >= 0.3 is 0 Å². The van der Waals surface area contributed by atoms with Crippen molar-refractivity contribution in [2.45, 2.75) is 13.8 Å². The van der Waals surface area contributed by atoms with Crippen molar-refractivity contribution in [2.75, 3.05) is 12.8 Å². The van der Waals surface area contributed by atoms with Gasteiger partial charge < -0.3 is 0 Å². The molecule has 0 bridgehead atoms. The molecule has 0 aromatic heterocycles. The lowest BCUT2D eigenvalue weighted by molar-refractivity contribution is -0.140. The van der Waals surface area contributed by atoms with Crippen molar-refractivity contribution in [2.24, 2.45) is 0 Å². The van der Waals surface area contributed by atoms with Gasteiger partial charge in [-0.05, 0) is 0 Å². The number of carbonyl (C=O) groups is 3. The third-order valence-corrected chi connectivity index (χ3v) is 2.04. The van der Waals surface area contributed by atoms with Crippen molar-refractivity contribution < 1.29 is 14.4 Å². The maximum Gasteiger partial charge on any atom is 0.239 e. The molecule has 0 fully saturated rings. The lowest BCUT2D eigenvalue weighted by Gasteiger charge is -2.11. The van der Waals surface area contributed by atoms with Crippen molar-refractivity contribution in [1.29, 1.82) is 0 Å². The molecule has 0 aliphatic heterocycles. The summed E-state index contributed by atoms with van der Waals surface area (Å²) >= 11 is 0.903. The molecule has 0 aliphatic carbocycles. The Balaban J connectivity index is 3.88. The third-order valence-electron chi connectivity index (χ3n) is 1.25. The molecule has 5 heteroatoms. The summed E-state index contributed by atoms with van der Waals surface area (Å²) in [5, 5.41) is -0.125. The van der Waals surface area contributed by atoms with Gasteiger partial charge in [0.2, 0.25) is 11.8 Å². The monoisotopic (exact) mass is 189 g/mol. The lowest BCUT2D eigenvalue weighted by Crippen LogP contribution is -2.32. The van der Waals surface area contributed by atoms with Crippen LogP contribution in [0.1, 0.15) is 13.8 Å². The molecule has 0 heterocycles. The molecule has 12 heavy (non-hydrogen) atoms. The molecule has 4 nitrogen and oxygen atoms in total. The van der Waals surface area contributed by atoms with Crippen molar-refractivity contribution in [3.8, 4) is 0 Å². The summed E-state index contributed by atoms with van der Waals surface area (Å²) in [5.74, 6) is -0.627. The SMILES string of the molecule is CC(=O)SCC(=O)N(C)C(C)=O. The molecule has 0 aromatic rings. The number of hydrogen-bond donors (Lipinski definition) is 0. The molecule has 0 saturated heterocycles. The minimum absolute atomic E-state index is 0.0331. The van der Waals surface area contributed by atoms with Gasteiger partial charge in [0.15, 0.2) is 5.12 Å². The van der Waals surface area contributed by atoms with Crippen LogP contribution in [0.15, 0.2) is 0 Å². The van der Waals surface area contributed by atoms with Crippen LogP contribution < -0.4 is 0 Å². The summed E-state index contributed by atoms with van der Waals surface area (Å²) < 4.78 is 0. The van der Waals surface area contributed by atoms with E-state index in [1.807, 2.05) is 0 Å². The summed E-state index contributed by atoms with van der Waals surface area (Å²) in [5.41, 5.74) is 0. The average Bonchev–Trinajstić information content (AvgIpc) is 1.98. The van der Waals surface area contributed by atoms with Crippen LogP contribution in [0.4, 0.5) is 0 Å². The van der Waals surface area contributed by atoms with E-state index < -0.39 is 0 Å². The summed E-state index contributed by atoms with van der Waals surface area (Å²) in [6, 6.07) is 0. The minimum Gasteiger partial charge on any atom is -0.288 e. The molecule has 0 unspecified atom stereocenters. The van der Waals surface area contributed by atoms with Gasteiger partial charge in [0, 0.05) is 20.9 Å². The van der Waals surface area contributed by atoms with E-state index in [2.05, 4.69) is 0 Å². The molecule has 0 radical (unpaired) electrons. The third kappa shape index (κ3) is 4.12. The zero-order valence-electron chi connectivity index (χ0n) is 7.29. The van der Waals surface area contributed by atoms with E-state index in [1.54, 1.807) is 0 Å². The fraction of sp³-hybridized carbons (Fsp3) is 0.571. The van der Waals surface area contributed by atoms with Crippen LogP contribution in [0.3, 0.4) is 0 Å². The topological polar surface area (TPSA) is 54.5 Å². The second-order valence-corrected chi connectivity index (χ2v) is 3.40. The molecule has 0 saturated carbocycles. The van der Waals surface area contributed by atoms with E-state index in [1.165, 1.54) is 20.9 Å². The quantitative estimate of drug-likeness (QED) is 0.625. The van der Waals surface area contributed by atoms with Gasteiger partial charge in [-0.1, -0.05) is 11.8 Å². The van der Waals surface area contributed by atoms with E-state index in [9.17, 15) is 14.4 Å². The van der Waals surface area contributed by atoms with Gasteiger partial charge in [-0.25, -0.2) is 0 Å². The maximum absolute atomic E-state index is 11.0. The molecule has 0 rings (SSSR count). The van der Waals surface area contributed by atoms with Crippen LogP contribution in [0.2, 0.25) is 0 Å². The van der Waals surface area contributed by atoms with Gasteiger partial charge in [-0.15, -0.1) is 0 Å². The standard InChI is InChI=1S/C7H11NO3S/c1-5(9)8(3)7(11)4-12-6(2)10/h4H2,1-3H3. The first-order valence-corrected chi connectivity index (χ1v) is 4.34. The zero-order valence-corrected chi connectivity index (χ0v) is 8.10. The number of imide groups is 1. The van der Waals surface area contributed by atoms with Crippen molar-refractivity contribution >= 4 is 28.7 Å². The van der Waals surface area contributed by atoms with Crippen molar-refractivity contribution in [1.82, 2.24) is 4.90 Å². The Bertz CT molecular complexity index is 215. The second-order valence-electron chi connectivity index (χ2n) is 2.25. The Labute approximate surface area is 75.3 Å². The van der Waals surface area contributed by atoms with Gasteiger partial charge in [0.05, 0.1) is 5.75 Å². The molecular weight excluding hydrogens is 178 g/mol. The average molecular weight is 189 g/mol. The molecule has 0 N–H and O–H groups in total. The molecule has 68 valence electrons. The van der Waals surface area contributed by atoms with Crippen molar-refractivity contribution in [3.05, 3.63) is 0 Å². The molecular formula is C7H11NO3S. The fourth-order valence-electron chi connectivity index (χ4n) is 0.436. The highest BCUT2D eigenvalue weighted by molar-refractivity contribution is 8.14. The highest BCUT2D eigenvalue weighted by Gasteiger charge is 2.12. The Morgan fingerprint density at radius 2 is 1.75 bits per heavy atom. The van der Waals surface area contributed by atoms with Crippen LogP contribution in [-0.2, 0) is 14.4 Å². The number of thioether (sulfide) groups is 1. The van der Waals surface area contributed by atoms with E-state index in [4.69, 9.17) is 0 Å². The molecule has 0 aromatic carbocycles. The lowest BCUT2D eigenvalue weighted by atomic mass is 10.5. The summed E-state index contributed by atoms with van der Waals surface area (Å²) in [6.45, 7) is 2.68. The van der Waals surface area contributed by atoms with Crippen LogP contribution in [-0.4, -0.2) is 34.6 Å². The normalized spacial score (nSPS) is 9.25. The first-order valence-electron chi connectivity index (χ1n) is 3.35. The molecule has 0 aliphatic rings. The summed E-state index contributed by atoms with van der Waals surface area (Å²) in [7, 11) is 1.39. The van der Waals surface area contributed by atoms with E-state index in [-0.39, 0.29) is 22.7 Å². The smallest absolute Gasteiger partial charge is 0.239 e. The van der Waals surface area contributed by atoms with Crippen LogP contribution >= 0.6 is 11.8 Å². The number of carbonyl (C=O) groups excluding carboxylic acids is 3. The summed E-state index contributed by atoms with van der Waals surface area (Å²) in [4.78, 5) is 33.1. The molecule has 0 spiro atoms. The van der Waals surface area contributed by atoms with Crippen LogP contribution in [0, 0.1) is 0 Å². The van der Waals surface area contributed by atoms with Gasteiger partial charge in [-0.3, -0.25) is 19.3 Å². The zero-order chi connectivity index (χ0) is 9.72. The Hall–Kier alpha value is -0.840. The predicted molar refractivity (Wildman–Crippen MR) is 46.6 cm³/mol. The number of rotatable bonds is 2. The van der Waals surface area contributed by atoms with E-state index >= 15 is 0 Å². The second kappa shape index (κ2) is 4.92. The first kappa shape index (κ1) is 11.2. The number of hydrogen-bond acceptors (Lipinski definition) is 4. The van der Waals surface area contributed by atoms with Gasteiger partial charge in [0.1, 0.15) is 0 Å². The van der Waals surface area contributed by atoms with Crippen molar-refractivity contribution in [3.63, 3.8) is 0 Å².